The van der Waals surface area contributed by atoms with Crippen LogP contribution in [0.1, 0.15) is 98.7 Å². The van der Waals surface area contributed by atoms with Crippen molar-refractivity contribution >= 4 is 48.9 Å². The quantitative estimate of drug-likeness (QED) is 0.124. The molecule has 11 heteroatoms. The molecule has 1 aromatic rings. The average molecular weight is 668 g/mol. The molecule has 1 unspecified atom stereocenters. The highest BCUT2D eigenvalue weighted by molar-refractivity contribution is 6.73. The predicted molar refractivity (Wildman–Crippen MR) is 182 cm³/mol. The maximum absolute atomic E-state index is 14.4. The van der Waals surface area contributed by atoms with Gasteiger partial charge in [0.25, 0.3) is 5.91 Å². The van der Waals surface area contributed by atoms with Gasteiger partial charge in [0, 0.05) is 42.3 Å². The second-order valence-electron chi connectivity index (χ2n) is 13.0. The molecule has 1 aliphatic carbocycles. The van der Waals surface area contributed by atoms with Crippen LogP contribution < -0.4 is 5.73 Å². The molecule has 1 amide bonds. The minimum absolute atomic E-state index is 0.0524. The van der Waals surface area contributed by atoms with Gasteiger partial charge in [-0.2, -0.15) is 0 Å². The Morgan fingerprint density at radius 2 is 1.70 bits per heavy atom. The Balaban J connectivity index is 1.98. The van der Waals surface area contributed by atoms with Gasteiger partial charge in [-0.15, -0.1) is 0 Å². The summed E-state index contributed by atoms with van der Waals surface area (Å²) in [6, 6.07) is 2.83. The molecule has 2 fully saturated rings. The number of nitrogens with zero attached hydrogens (tertiary/aromatic N) is 3. The molecule has 8 nitrogen and oxygen atoms in total. The molecule has 0 aromatic carbocycles. The standard InChI is InChI=1S/C33H52Cl2N4O4Si/c1-8-44(9-2,10-3)43-30(31-28(34)18-37-19-29(31)35)21-39(20-26-15-16-33(6,7)42-26)32(41)27(17-36)22(4)38-25-13-11-24(12-14-25)23(5)40/h17-19,24-26,30H,8-16,20-21,36H2,1-7H3/t24?,25?,26-,30?/m1/s1. The average Bonchev–Trinajstić information content (AvgIpc) is 3.33. The predicted octanol–water partition coefficient (Wildman–Crippen LogP) is 7.69. The molecule has 0 bridgehead atoms. The number of ether oxygens (including phenoxy) is 1. The van der Waals surface area contributed by atoms with Crippen molar-refractivity contribution in [3.63, 3.8) is 0 Å². The molecule has 3 rings (SSSR count). The van der Waals surface area contributed by atoms with Crippen molar-refractivity contribution in [3.8, 4) is 0 Å². The summed E-state index contributed by atoms with van der Waals surface area (Å²) in [5.74, 6) is 0.112. The van der Waals surface area contributed by atoms with Crippen LogP contribution in [0.4, 0.5) is 0 Å². The minimum Gasteiger partial charge on any atom is -0.408 e. The van der Waals surface area contributed by atoms with Crippen LogP contribution in [0.5, 0.6) is 0 Å². The van der Waals surface area contributed by atoms with E-state index in [1.54, 1.807) is 24.2 Å². The highest BCUT2D eigenvalue weighted by Crippen LogP contribution is 2.38. The number of hydrogen-bond donors (Lipinski definition) is 1. The van der Waals surface area contributed by atoms with Gasteiger partial charge in [0.2, 0.25) is 0 Å². The smallest absolute Gasteiger partial charge is 0.257 e. The van der Waals surface area contributed by atoms with Crippen molar-refractivity contribution in [1.29, 1.82) is 0 Å². The number of carbonyl (C=O) groups is 2. The third-order valence-electron chi connectivity index (χ3n) is 9.62. The van der Waals surface area contributed by atoms with E-state index in [1.807, 2.05) is 6.92 Å². The van der Waals surface area contributed by atoms with E-state index in [0.717, 1.165) is 56.7 Å². The fraction of sp³-hybridized carbons (Fsp3) is 0.697. The first-order valence-electron chi connectivity index (χ1n) is 16.2. The zero-order valence-corrected chi connectivity index (χ0v) is 30.1. The molecular weight excluding hydrogens is 615 g/mol. The summed E-state index contributed by atoms with van der Waals surface area (Å²) in [5, 5.41) is 0.820. The number of ketones is 1. The van der Waals surface area contributed by atoms with Gasteiger partial charge in [0.15, 0.2) is 8.32 Å². The molecule has 2 N–H and O–H groups in total. The number of halogens is 2. The fourth-order valence-electron chi connectivity index (χ4n) is 6.58. The summed E-state index contributed by atoms with van der Waals surface area (Å²) in [6.45, 7) is 14.8. The molecule has 0 spiro atoms. The highest BCUT2D eigenvalue weighted by Gasteiger charge is 2.39. The topological polar surface area (TPSA) is 107 Å². The van der Waals surface area contributed by atoms with E-state index in [0.29, 0.717) is 33.4 Å². The Labute approximate surface area is 275 Å². The first kappa shape index (κ1) is 36.7. The zero-order chi connectivity index (χ0) is 32.7. The van der Waals surface area contributed by atoms with Crippen molar-refractivity contribution < 1.29 is 18.8 Å². The summed E-state index contributed by atoms with van der Waals surface area (Å²) >= 11 is 13.4. The van der Waals surface area contributed by atoms with Crippen LogP contribution in [0.15, 0.2) is 29.2 Å². The molecule has 2 heterocycles. The van der Waals surface area contributed by atoms with Crippen LogP contribution >= 0.6 is 23.2 Å². The van der Waals surface area contributed by atoms with E-state index in [9.17, 15) is 9.59 Å². The van der Waals surface area contributed by atoms with E-state index < -0.39 is 14.4 Å². The number of carbonyl (C=O) groups excluding carboxylic acids is 2. The lowest BCUT2D eigenvalue weighted by Gasteiger charge is -2.37. The van der Waals surface area contributed by atoms with Crippen molar-refractivity contribution in [1.82, 2.24) is 9.88 Å². The van der Waals surface area contributed by atoms with Gasteiger partial charge in [-0.05, 0) is 84.4 Å². The lowest BCUT2D eigenvalue weighted by molar-refractivity contribution is -0.130. The van der Waals surface area contributed by atoms with Crippen LogP contribution in [-0.4, -0.2) is 66.4 Å². The number of Topliss-reactive ketones (excluding diaryl/α,β-unsaturated/α-hetero) is 1. The molecule has 1 aliphatic heterocycles. The van der Waals surface area contributed by atoms with E-state index in [4.69, 9.17) is 43.1 Å². The van der Waals surface area contributed by atoms with Crippen LogP contribution in [0.25, 0.3) is 0 Å². The molecule has 2 atom stereocenters. The van der Waals surface area contributed by atoms with Gasteiger partial charge in [0.05, 0.1) is 46.0 Å². The maximum atomic E-state index is 14.4. The normalized spacial score (nSPS) is 23.4. The largest absolute Gasteiger partial charge is 0.408 e. The Morgan fingerprint density at radius 1 is 1.11 bits per heavy atom. The van der Waals surface area contributed by atoms with Gasteiger partial charge in [-0.25, -0.2) is 0 Å². The molecule has 1 saturated carbocycles. The van der Waals surface area contributed by atoms with Gasteiger partial charge < -0.3 is 19.8 Å². The molecule has 2 aliphatic rings. The summed E-state index contributed by atoms with van der Waals surface area (Å²) in [4.78, 5) is 37.2. The van der Waals surface area contributed by atoms with E-state index in [2.05, 4.69) is 39.6 Å². The first-order valence-corrected chi connectivity index (χ1v) is 19.5. The first-order chi connectivity index (χ1) is 20.8. The van der Waals surface area contributed by atoms with Gasteiger partial charge in [-0.3, -0.25) is 19.6 Å². The Bertz CT molecular complexity index is 1180. The molecule has 246 valence electrons. The van der Waals surface area contributed by atoms with Crippen LogP contribution in [0.2, 0.25) is 28.2 Å². The Hall–Kier alpha value is -1.78. The van der Waals surface area contributed by atoms with Crippen molar-refractivity contribution in [2.45, 2.75) is 129 Å². The zero-order valence-electron chi connectivity index (χ0n) is 27.6. The Morgan fingerprint density at radius 3 is 2.18 bits per heavy atom. The summed E-state index contributed by atoms with van der Waals surface area (Å²) in [5.41, 5.74) is 7.48. The number of nitrogens with two attached hydrogens (primary N) is 1. The second kappa shape index (κ2) is 16.2. The summed E-state index contributed by atoms with van der Waals surface area (Å²) in [6.07, 6.45) is 8.82. The molecule has 0 radical (unpaired) electrons. The van der Waals surface area contributed by atoms with Crippen LogP contribution in [0, 0.1) is 5.92 Å². The number of aliphatic imine (C=N–C) groups is 1. The van der Waals surface area contributed by atoms with Crippen LogP contribution in [-0.2, 0) is 18.8 Å². The Kier molecular flexibility index (Phi) is 13.5. The molecular formula is C33H52Cl2N4O4Si. The highest BCUT2D eigenvalue weighted by atomic mass is 35.5. The van der Waals surface area contributed by atoms with Crippen molar-refractivity contribution in [2.75, 3.05) is 13.1 Å². The van der Waals surface area contributed by atoms with Crippen molar-refractivity contribution in [2.24, 2.45) is 16.6 Å². The molecule has 1 saturated heterocycles. The monoisotopic (exact) mass is 666 g/mol. The second-order valence-corrected chi connectivity index (χ2v) is 18.6. The SMILES string of the molecule is CC[Si](CC)(CC)OC(CN(C[C@H]1CCC(C)(C)O1)C(=O)C(=CN)C(C)=NC1CCC(C(C)=O)CC1)c1c(Cl)cncc1Cl. The summed E-state index contributed by atoms with van der Waals surface area (Å²) in [7, 11) is -2.17. The lowest BCUT2D eigenvalue weighted by atomic mass is 9.84. The number of hydrogen-bond acceptors (Lipinski definition) is 7. The summed E-state index contributed by atoms with van der Waals surface area (Å²) < 4.78 is 13.4. The van der Waals surface area contributed by atoms with Gasteiger partial charge in [-0.1, -0.05) is 44.0 Å². The van der Waals surface area contributed by atoms with Gasteiger partial charge in [0.1, 0.15) is 5.78 Å². The van der Waals surface area contributed by atoms with Crippen molar-refractivity contribution in [3.05, 3.63) is 39.8 Å². The number of aromatic nitrogens is 1. The number of amides is 1. The third-order valence-corrected chi connectivity index (χ3v) is 14.9. The lowest BCUT2D eigenvalue weighted by Crippen LogP contribution is -2.46. The van der Waals surface area contributed by atoms with E-state index in [-0.39, 0.29) is 41.9 Å². The van der Waals surface area contributed by atoms with E-state index in [1.165, 1.54) is 6.20 Å². The third kappa shape index (κ3) is 9.38. The van der Waals surface area contributed by atoms with Crippen LogP contribution in [0.3, 0.4) is 0 Å². The molecule has 44 heavy (non-hydrogen) atoms. The maximum Gasteiger partial charge on any atom is 0.257 e. The number of pyridine rings is 1. The van der Waals surface area contributed by atoms with E-state index >= 15 is 0 Å². The fourth-order valence-corrected chi connectivity index (χ4v) is 9.99. The molecule has 1 aromatic heterocycles. The minimum atomic E-state index is -2.17. The number of rotatable bonds is 14. The van der Waals surface area contributed by atoms with Gasteiger partial charge >= 0.3 is 0 Å².